The van der Waals surface area contributed by atoms with E-state index in [1.807, 2.05) is 26.2 Å². The van der Waals surface area contributed by atoms with Crippen molar-refractivity contribution in [2.45, 2.75) is 51.5 Å². The number of likely N-dealkylation sites (N-methyl/N-ethyl adjacent to an activating group) is 1. The third kappa shape index (κ3) is 5.90. The van der Waals surface area contributed by atoms with E-state index in [9.17, 15) is 9.90 Å². The summed E-state index contributed by atoms with van der Waals surface area (Å²) in [7, 11) is 5.64. The first-order valence-electron chi connectivity index (χ1n) is 9.70. The van der Waals surface area contributed by atoms with Gasteiger partial charge >= 0.3 is 0 Å². The number of methoxy groups -OCH3 is 1. The highest BCUT2D eigenvalue weighted by Crippen LogP contribution is 2.29. The third-order valence-corrected chi connectivity index (χ3v) is 5.41. The standard InChI is InChI=1S/C21H34N2O3/c1-16-5-9-18(10-6-16)23(14-13-22(2)3)21(25)12-8-17-7-11-19(24)20(15-17)26-4/h7,11,15-16,18,24H,5-6,8-10,12-14H2,1-4H3. The molecule has 1 amide bonds. The Kier molecular flexibility index (Phi) is 7.76. The Balaban J connectivity index is 1.98. The van der Waals surface area contributed by atoms with Crippen LogP contribution in [-0.2, 0) is 11.2 Å². The first kappa shape index (κ1) is 20.6. The van der Waals surface area contributed by atoms with Gasteiger partial charge in [-0.15, -0.1) is 0 Å². The average Bonchev–Trinajstić information content (AvgIpc) is 2.62. The van der Waals surface area contributed by atoms with Crippen molar-refractivity contribution in [3.8, 4) is 11.5 Å². The molecule has 1 aromatic rings. The van der Waals surface area contributed by atoms with Crippen LogP contribution in [0.4, 0.5) is 0 Å². The predicted octanol–water partition coefficient (Wildman–Crippen LogP) is 3.30. The van der Waals surface area contributed by atoms with E-state index < -0.39 is 0 Å². The molecule has 1 aliphatic carbocycles. The number of aromatic hydroxyl groups is 1. The zero-order valence-electron chi connectivity index (χ0n) is 16.7. The lowest BCUT2D eigenvalue weighted by Gasteiger charge is -2.37. The summed E-state index contributed by atoms with van der Waals surface area (Å²) in [6.45, 7) is 4.00. The number of hydrogen-bond donors (Lipinski definition) is 1. The van der Waals surface area contributed by atoms with Crippen LogP contribution in [0.25, 0.3) is 0 Å². The van der Waals surface area contributed by atoms with Gasteiger partial charge in [0.05, 0.1) is 7.11 Å². The lowest BCUT2D eigenvalue weighted by atomic mass is 9.86. The van der Waals surface area contributed by atoms with Gasteiger partial charge in [-0.25, -0.2) is 0 Å². The average molecular weight is 363 g/mol. The molecule has 0 spiro atoms. The minimum absolute atomic E-state index is 0.131. The molecule has 1 fully saturated rings. The molecule has 0 saturated heterocycles. The maximum Gasteiger partial charge on any atom is 0.223 e. The summed E-state index contributed by atoms with van der Waals surface area (Å²) in [5.74, 6) is 1.60. The van der Waals surface area contributed by atoms with Gasteiger partial charge in [-0.05, 0) is 69.8 Å². The highest BCUT2D eigenvalue weighted by atomic mass is 16.5. The van der Waals surface area contributed by atoms with Crippen molar-refractivity contribution < 1.29 is 14.6 Å². The van der Waals surface area contributed by atoms with Gasteiger partial charge in [-0.1, -0.05) is 13.0 Å². The summed E-state index contributed by atoms with van der Waals surface area (Å²) < 4.78 is 5.16. The molecule has 1 saturated carbocycles. The molecule has 0 aromatic heterocycles. The molecule has 0 unspecified atom stereocenters. The van der Waals surface area contributed by atoms with E-state index in [4.69, 9.17) is 4.74 Å². The molecule has 0 atom stereocenters. The lowest BCUT2D eigenvalue weighted by Crippen LogP contribution is -2.45. The number of ether oxygens (including phenoxy) is 1. The van der Waals surface area contributed by atoms with E-state index in [2.05, 4.69) is 16.7 Å². The van der Waals surface area contributed by atoms with E-state index in [-0.39, 0.29) is 11.7 Å². The molecule has 5 nitrogen and oxygen atoms in total. The molecule has 5 heteroatoms. The Morgan fingerprint density at radius 2 is 1.88 bits per heavy atom. The topological polar surface area (TPSA) is 53.0 Å². The van der Waals surface area contributed by atoms with Crippen molar-refractivity contribution in [3.63, 3.8) is 0 Å². The van der Waals surface area contributed by atoms with Crippen molar-refractivity contribution in [1.82, 2.24) is 9.80 Å². The number of carbonyl (C=O) groups is 1. The molecule has 0 aliphatic heterocycles. The minimum atomic E-state index is 0.131. The van der Waals surface area contributed by atoms with Crippen LogP contribution in [-0.4, -0.2) is 61.2 Å². The number of hydrogen-bond acceptors (Lipinski definition) is 4. The van der Waals surface area contributed by atoms with Gasteiger partial charge in [0.1, 0.15) is 0 Å². The Hall–Kier alpha value is -1.75. The SMILES string of the molecule is COc1cc(CCC(=O)N(CCN(C)C)C2CCC(C)CC2)ccc1O. The minimum Gasteiger partial charge on any atom is -0.504 e. The first-order chi connectivity index (χ1) is 12.4. The van der Waals surface area contributed by atoms with Gasteiger partial charge in [-0.2, -0.15) is 0 Å². The summed E-state index contributed by atoms with van der Waals surface area (Å²) in [5.41, 5.74) is 1.01. The van der Waals surface area contributed by atoms with Crippen LogP contribution < -0.4 is 4.74 Å². The number of benzene rings is 1. The van der Waals surface area contributed by atoms with Gasteiger partial charge in [0.15, 0.2) is 11.5 Å². The second kappa shape index (κ2) is 9.81. The number of carbonyl (C=O) groups excluding carboxylic acids is 1. The number of rotatable bonds is 8. The Labute approximate surface area is 157 Å². The fraction of sp³-hybridized carbons (Fsp3) is 0.667. The molecule has 1 N–H and O–H groups in total. The first-order valence-corrected chi connectivity index (χ1v) is 9.70. The van der Waals surface area contributed by atoms with Crippen LogP contribution in [0.1, 0.15) is 44.6 Å². The van der Waals surface area contributed by atoms with E-state index in [0.29, 0.717) is 24.6 Å². The summed E-state index contributed by atoms with van der Waals surface area (Å²) in [5, 5.41) is 9.71. The number of phenolic OH excluding ortho intramolecular Hbond substituents is 1. The maximum absolute atomic E-state index is 13.0. The van der Waals surface area contributed by atoms with E-state index in [1.54, 1.807) is 6.07 Å². The highest BCUT2D eigenvalue weighted by Gasteiger charge is 2.27. The summed E-state index contributed by atoms with van der Waals surface area (Å²) in [6.07, 6.45) is 5.82. The number of phenols is 1. The van der Waals surface area contributed by atoms with Gasteiger partial charge in [0, 0.05) is 25.6 Å². The second-order valence-electron chi connectivity index (χ2n) is 7.81. The fourth-order valence-electron chi connectivity index (χ4n) is 3.65. The number of amides is 1. The summed E-state index contributed by atoms with van der Waals surface area (Å²) >= 11 is 0. The van der Waals surface area contributed by atoms with Crippen LogP contribution >= 0.6 is 0 Å². The summed E-state index contributed by atoms with van der Waals surface area (Å²) in [6, 6.07) is 5.69. The summed E-state index contributed by atoms with van der Waals surface area (Å²) in [4.78, 5) is 17.2. The maximum atomic E-state index is 13.0. The van der Waals surface area contributed by atoms with Crippen LogP contribution in [0, 0.1) is 5.92 Å². The Morgan fingerprint density at radius 3 is 2.50 bits per heavy atom. The van der Waals surface area contributed by atoms with Crippen LogP contribution in [0.15, 0.2) is 18.2 Å². The van der Waals surface area contributed by atoms with Gasteiger partial charge in [-0.3, -0.25) is 4.79 Å². The number of aryl methyl sites for hydroxylation is 1. The van der Waals surface area contributed by atoms with Crippen LogP contribution in [0.5, 0.6) is 11.5 Å². The zero-order valence-corrected chi connectivity index (χ0v) is 16.7. The normalized spacial score (nSPS) is 20.2. The van der Waals surface area contributed by atoms with Crippen molar-refractivity contribution in [1.29, 1.82) is 0 Å². The van der Waals surface area contributed by atoms with E-state index >= 15 is 0 Å². The quantitative estimate of drug-likeness (QED) is 0.771. The molecule has 1 aliphatic rings. The molecule has 0 bridgehead atoms. The van der Waals surface area contributed by atoms with Crippen LogP contribution in [0.2, 0.25) is 0 Å². The van der Waals surface area contributed by atoms with Crippen molar-refractivity contribution in [2.24, 2.45) is 5.92 Å². The van der Waals surface area contributed by atoms with Crippen LogP contribution in [0.3, 0.4) is 0 Å². The predicted molar refractivity (Wildman–Crippen MR) is 105 cm³/mol. The molecule has 146 valence electrons. The largest absolute Gasteiger partial charge is 0.504 e. The molecule has 0 heterocycles. The third-order valence-electron chi connectivity index (χ3n) is 5.41. The molecule has 1 aromatic carbocycles. The van der Waals surface area contributed by atoms with Crippen molar-refractivity contribution >= 4 is 5.91 Å². The molecular weight excluding hydrogens is 328 g/mol. The van der Waals surface area contributed by atoms with Crippen molar-refractivity contribution in [2.75, 3.05) is 34.3 Å². The highest BCUT2D eigenvalue weighted by molar-refractivity contribution is 5.77. The Bertz CT molecular complexity index is 581. The second-order valence-corrected chi connectivity index (χ2v) is 7.81. The lowest BCUT2D eigenvalue weighted by molar-refractivity contribution is -0.134. The van der Waals surface area contributed by atoms with E-state index in [0.717, 1.165) is 37.4 Å². The smallest absolute Gasteiger partial charge is 0.223 e. The van der Waals surface area contributed by atoms with E-state index in [1.165, 1.54) is 20.0 Å². The van der Waals surface area contributed by atoms with Gasteiger partial charge < -0.3 is 19.6 Å². The molecule has 26 heavy (non-hydrogen) atoms. The monoisotopic (exact) mass is 362 g/mol. The molecular formula is C21H34N2O3. The van der Waals surface area contributed by atoms with Gasteiger partial charge in [0.25, 0.3) is 0 Å². The van der Waals surface area contributed by atoms with Gasteiger partial charge in [0.2, 0.25) is 5.91 Å². The molecule has 2 rings (SSSR count). The zero-order chi connectivity index (χ0) is 19.1. The van der Waals surface area contributed by atoms with Crippen molar-refractivity contribution in [3.05, 3.63) is 23.8 Å². The molecule has 0 radical (unpaired) electrons. The number of nitrogens with zero attached hydrogens (tertiary/aromatic N) is 2. The Morgan fingerprint density at radius 1 is 1.19 bits per heavy atom. The fourth-order valence-corrected chi connectivity index (χ4v) is 3.65.